The molecule has 4 rings (SSSR count). The topological polar surface area (TPSA) is 60.9 Å². The molecule has 1 saturated carbocycles. The molecule has 0 radical (unpaired) electrons. The molecule has 0 N–H and O–H groups in total. The molecule has 1 aromatic rings. The van der Waals surface area contributed by atoms with Crippen LogP contribution in [0.3, 0.4) is 0 Å². The summed E-state index contributed by atoms with van der Waals surface area (Å²) in [5.74, 6) is -0.0369. The number of nitrogens with zero attached hydrogens (tertiary/aromatic N) is 3. The van der Waals surface area contributed by atoms with E-state index in [2.05, 4.69) is 36.1 Å². The fourth-order valence-corrected chi connectivity index (χ4v) is 5.58. The third kappa shape index (κ3) is 3.27. The second kappa shape index (κ2) is 6.29. The first-order valence-corrected chi connectivity index (χ1v) is 10.5. The quantitative estimate of drug-likeness (QED) is 0.803. The van der Waals surface area contributed by atoms with Gasteiger partial charge in [0.2, 0.25) is 15.9 Å². The van der Waals surface area contributed by atoms with E-state index in [-0.39, 0.29) is 17.1 Å². The molecule has 0 atom stereocenters. The molecule has 3 fully saturated rings. The lowest BCUT2D eigenvalue weighted by atomic mass is 10.0. The third-order valence-electron chi connectivity index (χ3n) is 5.46. The second-order valence-corrected chi connectivity index (χ2v) is 9.62. The summed E-state index contributed by atoms with van der Waals surface area (Å²) in [4.78, 5) is 16.8. The molecule has 0 bridgehead atoms. The Morgan fingerprint density at radius 2 is 1.76 bits per heavy atom. The zero-order valence-electron chi connectivity index (χ0n) is 14.6. The lowest BCUT2D eigenvalue weighted by molar-refractivity contribution is -0.139. The Morgan fingerprint density at radius 1 is 1.08 bits per heavy atom. The standard InChI is InChI=1S/C18H25N3O3S/c1-14-3-2-4-16(11-14)19-7-9-20(10-8-19)18(22)15-12-21(13-15)25(23,24)17-5-6-17/h2-4,11,15,17H,5-10,12-13H2,1H3. The van der Waals surface area contributed by atoms with Crippen molar-refractivity contribution >= 4 is 21.6 Å². The lowest BCUT2D eigenvalue weighted by Crippen LogP contribution is -2.59. The number of anilines is 1. The number of carbonyl (C=O) groups excluding carboxylic acids is 1. The fourth-order valence-electron chi connectivity index (χ4n) is 3.65. The predicted octanol–water partition coefficient (Wildman–Crippen LogP) is 1.07. The fraction of sp³-hybridized carbons (Fsp3) is 0.611. The van der Waals surface area contributed by atoms with Crippen LogP contribution in [-0.4, -0.2) is 68.0 Å². The first-order chi connectivity index (χ1) is 11.9. The normalized spacial score (nSPS) is 22.8. The molecule has 0 spiro atoms. The summed E-state index contributed by atoms with van der Waals surface area (Å²) >= 11 is 0. The number of hydrogen-bond acceptors (Lipinski definition) is 4. The number of benzene rings is 1. The first kappa shape index (κ1) is 16.8. The molecule has 1 aliphatic carbocycles. The van der Waals surface area contributed by atoms with Crippen LogP contribution in [0.15, 0.2) is 24.3 Å². The molecular weight excluding hydrogens is 338 g/mol. The van der Waals surface area contributed by atoms with Crippen LogP contribution in [0.5, 0.6) is 0 Å². The maximum atomic E-state index is 12.6. The van der Waals surface area contributed by atoms with Crippen LogP contribution in [0.25, 0.3) is 0 Å². The highest BCUT2D eigenvalue weighted by atomic mass is 32.2. The van der Waals surface area contributed by atoms with Gasteiger partial charge < -0.3 is 9.80 Å². The Labute approximate surface area is 149 Å². The van der Waals surface area contributed by atoms with E-state index in [1.165, 1.54) is 15.6 Å². The summed E-state index contributed by atoms with van der Waals surface area (Å²) in [7, 11) is -3.12. The average molecular weight is 363 g/mol. The molecular formula is C18H25N3O3S. The number of piperazine rings is 1. The van der Waals surface area contributed by atoms with Crippen LogP contribution >= 0.6 is 0 Å². The van der Waals surface area contributed by atoms with E-state index in [1.807, 2.05) is 4.90 Å². The van der Waals surface area contributed by atoms with Crippen LogP contribution in [0.1, 0.15) is 18.4 Å². The van der Waals surface area contributed by atoms with Crippen LogP contribution in [0, 0.1) is 12.8 Å². The van der Waals surface area contributed by atoms with Gasteiger partial charge >= 0.3 is 0 Å². The van der Waals surface area contributed by atoms with Gasteiger partial charge in [0.05, 0.1) is 11.2 Å². The molecule has 25 heavy (non-hydrogen) atoms. The van der Waals surface area contributed by atoms with Crippen molar-refractivity contribution in [2.75, 3.05) is 44.2 Å². The molecule has 2 saturated heterocycles. The molecule has 6 nitrogen and oxygen atoms in total. The summed E-state index contributed by atoms with van der Waals surface area (Å²) in [6.07, 6.45) is 1.55. The molecule has 0 unspecified atom stereocenters. The minimum Gasteiger partial charge on any atom is -0.368 e. The Bertz CT molecular complexity index is 762. The second-order valence-electron chi connectivity index (χ2n) is 7.41. The lowest BCUT2D eigenvalue weighted by Gasteiger charge is -2.42. The van der Waals surface area contributed by atoms with Crippen molar-refractivity contribution in [1.82, 2.24) is 9.21 Å². The SMILES string of the molecule is Cc1cccc(N2CCN(C(=O)C3CN(S(=O)(=O)C4CC4)C3)CC2)c1. The number of hydrogen-bond donors (Lipinski definition) is 0. The summed E-state index contributed by atoms with van der Waals surface area (Å²) in [5.41, 5.74) is 2.44. The number of rotatable bonds is 4. The predicted molar refractivity (Wildman–Crippen MR) is 97.0 cm³/mol. The van der Waals surface area contributed by atoms with Crippen LogP contribution in [0.2, 0.25) is 0 Å². The molecule has 1 aromatic carbocycles. The minimum absolute atomic E-state index is 0.117. The van der Waals surface area contributed by atoms with Gasteiger partial charge in [-0.05, 0) is 37.5 Å². The van der Waals surface area contributed by atoms with Crippen molar-refractivity contribution in [1.29, 1.82) is 0 Å². The maximum Gasteiger partial charge on any atom is 0.228 e. The van der Waals surface area contributed by atoms with Crippen LogP contribution in [-0.2, 0) is 14.8 Å². The van der Waals surface area contributed by atoms with Gasteiger partial charge in [0.1, 0.15) is 0 Å². The average Bonchev–Trinajstić information content (AvgIpc) is 3.38. The van der Waals surface area contributed by atoms with E-state index >= 15 is 0 Å². The van der Waals surface area contributed by atoms with E-state index < -0.39 is 10.0 Å². The molecule has 2 heterocycles. The van der Waals surface area contributed by atoms with Gasteiger partial charge in [-0.1, -0.05) is 12.1 Å². The molecule has 2 aliphatic heterocycles. The van der Waals surface area contributed by atoms with Gasteiger partial charge in [0.15, 0.2) is 0 Å². The summed E-state index contributed by atoms with van der Waals surface area (Å²) in [6.45, 7) is 5.89. The Kier molecular flexibility index (Phi) is 4.24. The summed E-state index contributed by atoms with van der Waals surface area (Å²) < 4.78 is 25.8. The van der Waals surface area contributed by atoms with Crippen molar-refractivity contribution in [3.63, 3.8) is 0 Å². The number of sulfonamides is 1. The number of aryl methyl sites for hydroxylation is 1. The molecule has 0 aromatic heterocycles. The van der Waals surface area contributed by atoms with Crippen LogP contribution < -0.4 is 4.90 Å². The molecule has 7 heteroatoms. The highest BCUT2D eigenvalue weighted by molar-refractivity contribution is 7.90. The Morgan fingerprint density at radius 3 is 2.36 bits per heavy atom. The molecule has 3 aliphatic rings. The van der Waals surface area contributed by atoms with E-state index in [9.17, 15) is 13.2 Å². The maximum absolute atomic E-state index is 12.6. The van der Waals surface area contributed by atoms with Gasteiger partial charge in [0.25, 0.3) is 0 Å². The molecule has 1 amide bonds. The number of carbonyl (C=O) groups is 1. The summed E-state index contributed by atoms with van der Waals surface area (Å²) in [5, 5.41) is -0.179. The van der Waals surface area contributed by atoms with Crippen molar-refractivity contribution < 1.29 is 13.2 Å². The first-order valence-electron chi connectivity index (χ1n) is 9.04. The highest BCUT2D eigenvalue weighted by Crippen LogP contribution is 2.35. The number of amides is 1. The van der Waals surface area contributed by atoms with Crippen molar-refractivity contribution in [2.45, 2.75) is 25.0 Å². The van der Waals surface area contributed by atoms with E-state index in [0.717, 1.165) is 25.9 Å². The smallest absolute Gasteiger partial charge is 0.228 e. The Balaban J connectivity index is 1.29. The van der Waals surface area contributed by atoms with Crippen molar-refractivity contribution in [3.8, 4) is 0 Å². The highest BCUT2D eigenvalue weighted by Gasteiger charge is 2.47. The van der Waals surface area contributed by atoms with Crippen LogP contribution in [0.4, 0.5) is 5.69 Å². The van der Waals surface area contributed by atoms with Crippen molar-refractivity contribution in [2.24, 2.45) is 5.92 Å². The minimum atomic E-state index is -3.12. The van der Waals surface area contributed by atoms with Gasteiger partial charge in [-0.15, -0.1) is 0 Å². The van der Waals surface area contributed by atoms with E-state index in [1.54, 1.807) is 0 Å². The van der Waals surface area contributed by atoms with E-state index in [0.29, 0.717) is 26.2 Å². The largest absolute Gasteiger partial charge is 0.368 e. The zero-order chi connectivity index (χ0) is 17.6. The van der Waals surface area contributed by atoms with Gasteiger partial charge in [-0.3, -0.25) is 4.79 Å². The summed E-state index contributed by atoms with van der Waals surface area (Å²) in [6, 6.07) is 8.42. The van der Waals surface area contributed by atoms with Gasteiger partial charge in [-0.2, -0.15) is 4.31 Å². The van der Waals surface area contributed by atoms with Gasteiger partial charge in [0, 0.05) is 45.0 Å². The van der Waals surface area contributed by atoms with E-state index in [4.69, 9.17) is 0 Å². The molecule has 136 valence electrons. The Hall–Kier alpha value is -1.60. The zero-order valence-corrected chi connectivity index (χ0v) is 15.4. The third-order valence-corrected chi connectivity index (χ3v) is 7.79. The van der Waals surface area contributed by atoms with Gasteiger partial charge in [-0.25, -0.2) is 8.42 Å². The monoisotopic (exact) mass is 363 g/mol. The van der Waals surface area contributed by atoms with Crippen molar-refractivity contribution in [3.05, 3.63) is 29.8 Å².